The van der Waals surface area contributed by atoms with E-state index in [1.807, 2.05) is 0 Å². The van der Waals surface area contributed by atoms with Crippen molar-refractivity contribution in [1.29, 1.82) is 0 Å². The van der Waals surface area contributed by atoms with Crippen LogP contribution in [0.4, 0.5) is 0 Å². The molecule has 0 saturated carbocycles. The van der Waals surface area contributed by atoms with Crippen LogP contribution in [0.1, 0.15) is 188 Å². The fourth-order valence-corrected chi connectivity index (χ4v) is 36.3. The van der Waals surface area contributed by atoms with Crippen LogP contribution in [-0.4, -0.2) is 52.2 Å². The zero-order valence-corrected chi connectivity index (χ0v) is 56.5. The smallest absolute Gasteiger partial charge is 0.146 e. The fourth-order valence-electron chi connectivity index (χ4n) is 15.4. The number of hydrogen-bond acceptors (Lipinski definition) is 4. The Morgan fingerprint density at radius 3 is 0.667 bits per heavy atom. The topological polar surface area (TPSA) is 51.6 Å². The van der Waals surface area contributed by atoms with Gasteiger partial charge in [-0.2, -0.15) is 0 Å². The zero-order valence-electron chi connectivity index (χ0n) is 52.5. The summed E-state index contributed by atoms with van der Waals surface area (Å²) < 4.78 is 0. The Morgan fingerprint density at radius 1 is 0.256 bits per heavy atom. The number of nitrogens with zero attached hydrogens (tertiary/aromatic N) is 4. The van der Waals surface area contributed by atoms with E-state index in [0.29, 0.717) is 66.5 Å². The summed E-state index contributed by atoms with van der Waals surface area (Å²) in [5.41, 5.74) is 32.7. The van der Waals surface area contributed by atoms with Crippen molar-refractivity contribution in [3.05, 3.63) is 82.9 Å². The van der Waals surface area contributed by atoms with Gasteiger partial charge in [0.2, 0.25) is 0 Å². The van der Waals surface area contributed by atoms with Gasteiger partial charge in [-0.05, 0) is 126 Å². The maximum atomic E-state index is 5.67. The lowest BCUT2D eigenvalue weighted by Gasteiger charge is -2.38. The fraction of sp³-hybridized carbons (Fsp3) is 0.514. The minimum atomic E-state index is -2.07. The number of rotatable bonds is 12. The van der Waals surface area contributed by atoms with Crippen molar-refractivity contribution in [3.63, 3.8) is 0 Å². The molecule has 0 unspecified atom stereocenters. The zero-order chi connectivity index (χ0) is 57.7. The second-order valence-corrected chi connectivity index (χ2v) is 49.2. The van der Waals surface area contributed by atoms with Crippen LogP contribution in [0.2, 0.25) is 66.5 Å². The first-order chi connectivity index (χ1) is 36.5. The van der Waals surface area contributed by atoms with Crippen LogP contribution in [-0.2, 0) is 0 Å². The Hall–Kier alpha value is -5.07. The lowest BCUT2D eigenvalue weighted by atomic mass is 10.00. The molecule has 0 radical (unpaired) electrons. The lowest BCUT2D eigenvalue weighted by molar-refractivity contribution is 0.838. The maximum absolute atomic E-state index is 5.67. The molecule has 7 rings (SSSR count). The minimum Gasteiger partial charge on any atom is -0.243 e. The van der Waals surface area contributed by atoms with Gasteiger partial charge in [-0.15, -0.1) is 22.2 Å². The second kappa shape index (κ2) is 23.2. The van der Waals surface area contributed by atoms with Crippen molar-refractivity contribution >= 4 is 98.0 Å². The monoisotopic (exact) mass is 1100 g/mol. The average Bonchev–Trinajstić information content (AvgIpc) is 3.51. The highest BCUT2D eigenvalue weighted by Crippen LogP contribution is 2.45. The van der Waals surface area contributed by atoms with Crippen molar-refractivity contribution in [2.24, 2.45) is 0 Å². The maximum Gasteiger partial charge on any atom is 0.146 e. The second-order valence-electron chi connectivity index (χ2n) is 26.9. The summed E-state index contributed by atoms with van der Waals surface area (Å²) in [5.74, 6) is 15.2. The van der Waals surface area contributed by atoms with Crippen LogP contribution >= 0.6 is 0 Å². The Labute approximate surface area is 476 Å². The molecular formula is C70H94N4Si4. The number of hydrogen-bond donors (Lipinski definition) is 0. The number of aromatic nitrogens is 4. The molecule has 2 heterocycles. The lowest BCUT2D eigenvalue weighted by Crippen LogP contribution is -2.43. The van der Waals surface area contributed by atoms with Crippen molar-refractivity contribution in [2.75, 3.05) is 0 Å². The summed E-state index contributed by atoms with van der Waals surface area (Å²) in [7, 11) is -8.23. The third-order valence-electron chi connectivity index (χ3n) is 19.4. The quantitative estimate of drug-likeness (QED) is 0.0529. The summed E-state index contributed by atoms with van der Waals surface area (Å²) in [6.45, 7) is 57.1. The molecular weight excluding hydrogens is 1010 g/mol. The summed E-state index contributed by atoms with van der Waals surface area (Å²) >= 11 is 0. The standard InChI is InChI=1S/C70H94N4Si4/c1-43(2)75(44(3)4,45(5)6)37-33-55-25-27-57(35-39-77(49(13)14,50(15)16)51(17)18)67-65(55)71-63-31-29-59-42-62-60(41-61(59)69(63)73-67)30-32-64-70(62)74-68-58(36-40-78(52(19)20,53(21)22)54(23)24)28-26-56(66(68)72-64)34-38-76(46(7)8,47(9)10)48(11)12/h25-32,41-54H,1-24H3. The molecule has 5 aromatic carbocycles. The normalized spacial score (nSPS) is 13.1. The van der Waals surface area contributed by atoms with Gasteiger partial charge in [0.25, 0.3) is 0 Å². The molecule has 8 heteroatoms. The number of benzene rings is 5. The SMILES string of the molecule is CC(C)[Si](C#Cc1ccc(C#C[Si](C(C)C)(C(C)C)C(C)C)c2nc3c(ccc4cc5c(ccc6nc7c(C#C[Si](C(C)C)(C(C)C)C(C)C)ccc(C#C[Si](C(C)C)(C(C)C)C(C)C)c7nc65)cc43)nc12)(C(C)C)C(C)C. The van der Waals surface area contributed by atoms with Crippen molar-refractivity contribution in [1.82, 2.24) is 19.9 Å². The largest absolute Gasteiger partial charge is 0.243 e. The first-order valence-corrected chi connectivity index (χ1v) is 38.8. The van der Waals surface area contributed by atoms with Gasteiger partial charge in [-0.3, -0.25) is 0 Å². The molecule has 7 aromatic rings. The molecule has 0 amide bonds. The summed E-state index contributed by atoms with van der Waals surface area (Å²) in [5, 5.41) is 4.25. The number of fused-ring (bicyclic) bond motifs is 8. The van der Waals surface area contributed by atoms with E-state index in [0.717, 1.165) is 87.9 Å². The van der Waals surface area contributed by atoms with Crippen LogP contribution in [0.3, 0.4) is 0 Å². The highest BCUT2D eigenvalue weighted by atomic mass is 28.3. The Kier molecular flexibility index (Phi) is 18.0. The van der Waals surface area contributed by atoms with E-state index in [1.54, 1.807) is 0 Å². The first kappa shape index (κ1) is 60.6. The van der Waals surface area contributed by atoms with E-state index in [4.69, 9.17) is 19.9 Å². The van der Waals surface area contributed by atoms with Crippen LogP contribution in [0.15, 0.2) is 60.7 Å². The van der Waals surface area contributed by atoms with Crippen LogP contribution in [0.25, 0.3) is 65.7 Å². The summed E-state index contributed by atoms with van der Waals surface area (Å²) in [4.78, 5) is 22.4. The van der Waals surface area contributed by atoms with Gasteiger partial charge in [0.1, 0.15) is 54.4 Å². The van der Waals surface area contributed by atoms with Gasteiger partial charge < -0.3 is 0 Å². The van der Waals surface area contributed by atoms with E-state index >= 15 is 0 Å². The predicted octanol–water partition coefficient (Wildman–Crippen LogP) is 20.5. The van der Waals surface area contributed by atoms with Gasteiger partial charge >= 0.3 is 0 Å². The van der Waals surface area contributed by atoms with Gasteiger partial charge in [-0.25, -0.2) is 19.9 Å². The van der Waals surface area contributed by atoms with Crippen LogP contribution < -0.4 is 0 Å². The van der Waals surface area contributed by atoms with E-state index < -0.39 is 32.3 Å². The molecule has 0 N–H and O–H groups in total. The van der Waals surface area contributed by atoms with Crippen molar-refractivity contribution in [3.8, 4) is 45.9 Å². The Morgan fingerprint density at radius 2 is 0.462 bits per heavy atom. The molecule has 0 bridgehead atoms. The molecule has 0 aliphatic rings. The van der Waals surface area contributed by atoms with Crippen molar-refractivity contribution in [2.45, 2.75) is 233 Å². The van der Waals surface area contributed by atoms with E-state index in [2.05, 4.69) is 273 Å². The minimum absolute atomic E-state index is 0.507. The van der Waals surface area contributed by atoms with Crippen molar-refractivity contribution < 1.29 is 0 Å². The van der Waals surface area contributed by atoms with Gasteiger partial charge in [0, 0.05) is 10.8 Å². The first-order valence-electron chi connectivity index (χ1n) is 29.9. The molecule has 0 aliphatic heterocycles. The Balaban J connectivity index is 1.55. The highest BCUT2D eigenvalue weighted by Gasteiger charge is 2.45. The third-order valence-corrected chi connectivity index (χ3v) is 44.6. The Bertz CT molecular complexity index is 3350. The molecule has 78 heavy (non-hydrogen) atoms. The molecule has 0 saturated heterocycles. The van der Waals surface area contributed by atoms with Gasteiger partial charge in [0.05, 0.1) is 44.3 Å². The molecule has 0 aliphatic carbocycles. The predicted molar refractivity (Wildman–Crippen MR) is 354 cm³/mol. The average molecular weight is 1100 g/mol. The molecule has 4 nitrogen and oxygen atoms in total. The van der Waals surface area contributed by atoms with Crippen LogP contribution in [0, 0.1) is 45.9 Å². The molecule has 0 spiro atoms. The molecule has 0 atom stereocenters. The van der Waals surface area contributed by atoms with Crippen LogP contribution in [0.5, 0.6) is 0 Å². The summed E-state index contributed by atoms with van der Waals surface area (Å²) in [6.07, 6.45) is 0. The molecule has 410 valence electrons. The molecule has 2 aromatic heterocycles. The van der Waals surface area contributed by atoms with Gasteiger partial charge in [0.15, 0.2) is 0 Å². The summed E-state index contributed by atoms with van der Waals surface area (Å²) in [6, 6.07) is 22.0. The molecule has 0 fully saturated rings. The van der Waals surface area contributed by atoms with E-state index in [1.165, 1.54) is 0 Å². The third kappa shape index (κ3) is 10.4. The van der Waals surface area contributed by atoms with E-state index in [9.17, 15) is 0 Å². The van der Waals surface area contributed by atoms with Gasteiger partial charge in [-0.1, -0.05) is 202 Å². The van der Waals surface area contributed by atoms with E-state index in [-0.39, 0.29) is 0 Å². The highest BCUT2D eigenvalue weighted by molar-refractivity contribution is 6.92.